The molecule has 1 heterocycles. The lowest BCUT2D eigenvalue weighted by Crippen LogP contribution is -1.99. The van der Waals surface area contributed by atoms with Crippen LogP contribution in [0.15, 0.2) is 35.1 Å². The Morgan fingerprint density at radius 2 is 1.95 bits per heavy atom. The van der Waals surface area contributed by atoms with Crippen molar-refractivity contribution in [2.45, 2.75) is 19.8 Å². The van der Waals surface area contributed by atoms with Crippen LogP contribution in [0.25, 0.3) is 0 Å². The third kappa shape index (κ3) is 3.04. The van der Waals surface area contributed by atoms with Gasteiger partial charge in [0.2, 0.25) is 5.88 Å². The Morgan fingerprint density at radius 1 is 1.21 bits per heavy atom. The van der Waals surface area contributed by atoms with Gasteiger partial charge in [0.05, 0.1) is 0 Å². The molecule has 100 valence electrons. The molecule has 0 saturated heterocycles. The number of ether oxygens (including phenoxy) is 1. The first-order valence-corrected chi connectivity index (χ1v) is 6.87. The van der Waals surface area contributed by atoms with Gasteiger partial charge in [0.15, 0.2) is 0 Å². The lowest BCUT2D eigenvalue weighted by molar-refractivity contribution is 0.450. The molecular formula is C14H16BrN3O. The van der Waals surface area contributed by atoms with Crippen LogP contribution in [0.2, 0.25) is 0 Å². The van der Waals surface area contributed by atoms with E-state index in [1.807, 2.05) is 18.2 Å². The van der Waals surface area contributed by atoms with Gasteiger partial charge in [-0.15, -0.1) is 0 Å². The van der Waals surface area contributed by atoms with Gasteiger partial charge >= 0.3 is 0 Å². The molecule has 0 aliphatic rings. The summed E-state index contributed by atoms with van der Waals surface area (Å²) in [4.78, 5) is 8.27. The van der Waals surface area contributed by atoms with Gasteiger partial charge in [-0.2, -0.15) is 0 Å². The molecule has 0 radical (unpaired) electrons. The average molecular weight is 322 g/mol. The molecule has 1 aromatic carbocycles. The fourth-order valence-corrected chi connectivity index (χ4v) is 2.24. The molecule has 1 N–H and O–H groups in total. The summed E-state index contributed by atoms with van der Waals surface area (Å²) < 4.78 is 6.62. The molecule has 5 heteroatoms. The first-order chi connectivity index (χ1) is 9.13. The van der Waals surface area contributed by atoms with Gasteiger partial charge in [-0.05, 0) is 33.5 Å². The summed E-state index contributed by atoms with van der Waals surface area (Å²) in [5.41, 5.74) is 1.15. The van der Waals surface area contributed by atoms with Crippen molar-refractivity contribution < 1.29 is 4.74 Å². The highest BCUT2D eigenvalue weighted by Gasteiger charge is 2.13. The topological polar surface area (TPSA) is 47.0 Å². The minimum atomic E-state index is 0.389. The summed E-state index contributed by atoms with van der Waals surface area (Å²) in [7, 11) is 1.80. The zero-order chi connectivity index (χ0) is 13.8. The number of anilines is 1. The van der Waals surface area contributed by atoms with Gasteiger partial charge in [-0.25, -0.2) is 9.97 Å². The maximum Gasteiger partial charge on any atom is 0.238 e. The van der Waals surface area contributed by atoms with E-state index in [-0.39, 0.29) is 0 Å². The molecule has 2 rings (SSSR count). The molecule has 0 aliphatic carbocycles. The van der Waals surface area contributed by atoms with Crippen LogP contribution in [-0.4, -0.2) is 17.0 Å². The van der Waals surface area contributed by atoms with Crippen molar-refractivity contribution in [1.82, 2.24) is 9.97 Å². The van der Waals surface area contributed by atoms with E-state index in [0.29, 0.717) is 17.6 Å². The van der Waals surface area contributed by atoms with Gasteiger partial charge < -0.3 is 10.1 Å². The minimum Gasteiger partial charge on any atom is -0.437 e. The number of nitrogens with zero attached hydrogens (tertiary/aromatic N) is 2. The minimum absolute atomic E-state index is 0.389. The zero-order valence-corrected chi connectivity index (χ0v) is 12.7. The number of hydrogen-bond acceptors (Lipinski definition) is 4. The van der Waals surface area contributed by atoms with Gasteiger partial charge in [-0.3, -0.25) is 0 Å². The number of aromatic nitrogens is 2. The highest BCUT2D eigenvalue weighted by Crippen LogP contribution is 2.34. The molecule has 0 unspecified atom stereocenters. The van der Waals surface area contributed by atoms with E-state index in [0.717, 1.165) is 15.8 Å². The number of para-hydroxylation sites is 1. The molecule has 19 heavy (non-hydrogen) atoms. The lowest BCUT2D eigenvalue weighted by Gasteiger charge is -2.14. The van der Waals surface area contributed by atoms with Crippen molar-refractivity contribution in [3.8, 4) is 11.6 Å². The molecule has 0 saturated carbocycles. The van der Waals surface area contributed by atoms with Crippen molar-refractivity contribution >= 4 is 21.7 Å². The lowest BCUT2D eigenvalue weighted by atomic mass is 10.0. The predicted molar refractivity (Wildman–Crippen MR) is 79.9 cm³/mol. The Labute approximate surface area is 121 Å². The molecule has 2 aromatic rings. The molecule has 0 amide bonds. The van der Waals surface area contributed by atoms with Gasteiger partial charge in [0.1, 0.15) is 22.4 Å². The predicted octanol–water partition coefficient (Wildman–Crippen LogP) is 4.20. The SMILES string of the molecule is CNc1ncnc(Oc2ccccc2C(C)C)c1Br. The Hall–Kier alpha value is -1.62. The van der Waals surface area contributed by atoms with Gasteiger partial charge in [-0.1, -0.05) is 32.0 Å². The first-order valence-electron chi connectivity index (χ1n) is 6.08. The molecule has 1 aromatic heterocycles. The highest BCUT2D eigenvalue weighted by molar-refractivity contribution is 9.10. The van der Waals surface area contributed by atoms with E-state index in [9.17, 15) is 0 Å². The normalized spacial score (nSPS) is 10.6. The van der Waals surface area contributed by atoms with Crippen LogP contribution in [0.5, 0.6) is 11.6 Å². The molecule has 0 fully saturated rings. The summed E-state index contributed by atoms with van der Waals surface area (Å²) in [5.74, 6) is 2.42. The number of nitrogens with one attached hydrogen (secondary N) is 1. The second-order valence-corrected chi connectivity index (χ2v) is 5.18. The second-order valence-electron chi connectivity index (χ2n) is 4.39. The third-order valence-corrected chi connectivity index (χ3v) is 3.46. The van der Waals surface area contributed by atoms with Crippen molar-refractivity contribution in [3.05, 3.63) is 40.6 Å². The molecule has 0 spiro atoms. The number of benzene rings is 1. The number of halogens is 1. The summed E-state index contributed by atoms with van der Waals surface area (Å²) in [6, 6.07) is 7.97. The van der Waals surface area contributed by atoms with E-state index >= 15 is 0 Å². The highest BCUT2D eigenvalue weighted by atomic mass is 79.9. The Balaban J connectivity index is 2.37. The monoisotopic (exact) mass is 321 g/mol. The molecule has 0 atom stereocenters. The van der Waals surface area contributed by atoms with Crippen molar-refractivity contribution in [2.75, 3.05) is 12.4 Å². The Kier molecular flexibility index (Phi) is 4.37. The van der Waals surface area contributed by atoms with E-state index in [1.165, 1.54) is 6.33 Å². The molecular weight excluding hydrogens is 306 g/mol. The summed E-state index contributed by atoms with van der Waals surface area (Å²) in [6.45, 7) is 4.27. The molecule has 4 nitrogen and oxygen atoms in total. The summed E-state index contributed by atoms with van der Waals surface area (Å²) in [6.07, 6.45) is 1.48. The smallest absolute Gasteiger partial charge is 0.238 e. The fraction of sp³-hybridized carbons (Fsp3) is 0.286. The van der Waals surface area contributed by atoms with Crippen LogP contribution in [0, 0.1) is 0 Å². The second kappa shape index (κ2) is 6.02. The first kappa shape index (κ1) is 13.8. The molecule has 0 bridgehead atoms. The quantitative estimate of drug-likeness (QED) is 0.916. The van der Waals surface area contributed by atoms with Crippen LogP contribution in [-0.2, 0) is 0 Å². The van der Waals surface area contributed by atoms with Crippen LogP contribution < -0.4 is 10.1 Å². The number of rotatable bonds is 4. The van der Waals surface area contributed by atoms with Crippen LogP contribution in [0.3, 0.4) is 0 Å². The molecule has 0 aliphatic heterocycles. The maximum absolute atomic E-state index is 5.91. The van der Waals surface area contributed by atoms with Crippen molar-refractivity contribution in [2.24, 2.45) is 0 Å². The van der Waals surface area contributed by atoms with Gasteiger partial charge in [0.25, 0.3) is 0 Å². The maximum atomic E-state index is 5.91. The Bertz CT molecular complexity index is 572. The number of hydrogen-bond donors (Lipinski definition) is 1. The largest absolute Gasteiger partial charge is 0.437 e. The zero-order valence-electron chi connectivity index (χ0n) is 11.1. The van der Waals surface area contributed by atoms with Gasteiger partial charge in [0, 0.05) is 7.05 Å². The van der Waals surface area contributed by atoms with Crippen molar-refractivity contribution in [3.63, 3.8) is 0 Å². The third-order valence-electron chi connectivity index (χ3n) is 2.74. The summed E-state index contributed by atoms with van der Waals surface area (Å²) >= 11 is 3.45. The van der Waals surface area contributed by atoms with Crippen LogP contribution >= 0.6 is 15.9 Å². The fourth-order valence-electron chi connectivity index (χ4n) is 1.75. The van der Waals surface area contributed by atoms with E-state index < -0.39 is 0 Å². The van der Waals surface area contributed by atoms with Crippen molar-refractivity contribution in [1.29, 1.82) is 0 Å². The van der Waals surface area contributed by atoms with Crippen LogP contribution in [0.4, 0.5) is 5.82 Å². The summed E-state index contributed by atoms with van der Waals surface area (Å²) in [5, 5.41) is 2.98. The Morgan fingerprint density at radius 3 is 2.63 bits per heavy atom. The van der Waals surface area contributed by atoms with E-state index in [4.69, 9.17) is 4.74 Å². The van der Waals surface area contributed by atoms with E-state index in [1.54, 1.807) is 7.05 Å². The average Bonchev–Trinajstić information content (AvgIpc) is 2.41. The standard InChI is InChI=1S/C14H16BrN3O/c1-9(2)10-6-4-5-7-11(10)19-14-12(15)13(16-3)17-8-18-14/h4-9H,1-3H3,(H,16,17,18). The van der Waals surface area contributed by atoms with E-state index in [2.05, 4.69) is 51.1 Å². The van der Waals surface area contributed by atoms with Crippen LogP contribution in [0.1, 0.15) is 25.3 Å².